The molecule has 0 aliphatic carbocycles. The lowest BCUT2D eigenvalue weighted by Crippen LogP contribution is -2.30. The molecule has 7 nitrogen and oxygen atoms in total. The Morgan fingerprint density at radius 2 is 1.77 bits per heavy atom. The van der Waals surface area contributed by atoms with Gasteiger partial charge in [-0.05, 0) is 51.1 Å². The van der Waals surface area contributed by atoms with Crippen molar-refractivity contribution in [1.29, 1.82) is 0 Å². The van der Waals surface area contributed by atoms with Gasteiger partial charge in [0.2, 0.25) is 5.76 Å². The van der Waals surface area contributed by atoms with Gasteiger partial charge in [0.25, 0.3) is 5.91 Å². The van der Waals surface area contributed by atoms with Gasteiger partial charge in [-0.1, -0.05) is 18.2 Å². The fourth-order valence-electron chi connectivity index (χ4n) is 2.91. The van der Waals surface area contributed by atoms with Crippen molar-refractivity contribution < 1.29 is 28.3 Å². The number of amides is 1. The lowest BCUT2D eigenvalue weighted by atomic mass is 10.1. The number of esters is 1. The Labute approximate surface area is 174 Å². The summed E-state index contributed by atoms with van der Waals surface area (Å²) in [6.07, 6.45) is -1.06. The second-order valence-corrected chi connectivity index (χ2v) is 6.71. The number of nitrogens with one attached hydrogen (secondary N) is 1. The van der Waals surface area contributed by atoms with Crippen molar-refractivity contribution >= 4 is 34.3 Å². The number of fused-ring (bicyclic) bond motifs is 1. The van der Waals surface area contributed by atoms with Crippen molar-refractivity contribution in [2.45, 2.75) is 33.5 Å². The lowest BCUT2D eigenvalue weighted by molar-refractivity contribution is -0.123. The summed E-state index contributed by atoms with van der Waals surface area (Å²) in [5.74, 6) is -1.28. The number of benzene rings is 2. The highest BCUT2D eigenvalue weighted by molar-refractivity contribution is 6.00. The van der Waals surface area contributed by atoms with Crippen LogP contribution in [0.1, 0.15) is 47.2 Å². The average molecular weight is 409 g/mol. The van der Waals surface area contributed by atoms with Crippen molar-refractivity contribution in [1.82, 2.24) is 0 Å². The maximum Gasteiger partial charge on any atom is 0.375 e. The van der Waals surface area contributed by atoms with Crippen molar-refractivity contribution in [2.75, 3.05) is 11.9 Å². The van der Waals surface area contributed by atoms with E-state index < -0.39 is 18.0 Å². The number of ether oxygens (including phenoxy) is 2. The van der Waals surface area contributed by atoms with E-state index in [4.69, 9.17) is 13.9 Å². The van der Waals surface area contributed by atoms with Crippen molar-refractivity contribution in [3.05, 3.63) is 65.4 Å². The molecule has 0 fully saturated rings. The van der Waals surface area contributed by atoms with Crippen molar-refractivity contribution in [3.63, 3.8) is 0 Å². The minimum atomic E-state index is -1.06. The summed E-state index contributed by atoms with van der Waals surface area (Å²) in [4.78, 5) is 36.5. The van der Waals surface area contributed by atoms with Crippen LogP contribution in [0, 0.1) is 0 Å². The fourth-order valence-corrected chi connectivity index (χ4v) is 2.91. The Hall–Kier alpha value is -3.45. The molecule has 1 N–H and O–H groups in total. The highest BCUT2D eigenvalue weighted by Crippen LogP contribution is 2.27. The summed E-state index contributed by atoms with van der Waals surface area (Å²) in [5.41, 5.74) is 2.17. The van der Waals surface area contributed by atoms with E-state index in [0.717, 1.165) is 5.39 Å². The summed E-state index contributed by atoms with van der Waals surface area (Å²) in [6, 6.07) is 13.7. The van der Waals surface area contributed by atoms with E-state index in [1.165, 1.54) is 13.8 Å². The molecule has 0 saturated heterocycles. The van der Waals surface area contributed by atoms with Crippen LogP contribution in [0.25, 0.3) is 11.0 Å². The van der Waals surface area contributed by atoms with Gasteiger partial charge in [-0.25, -0.2) is 4.79 Å². The molecule has 0 aliphatic heterocycles. The van der Waals surface area contributed by atoms with Crippen LogP contribution in [0.4, 0.5) is 5.69 Å². The summed E-state index contributed by atoms with van der Waals surface area (Å²) in [7, 11) is 0. The molecule has 1 aromatic heterocycles. The number of furan rings is 1. The van der Waals surface area contributed by atoms with Gasteiger partial charge in [0.15, 0.2) is 11.9 Å². The Bertz CT molecular complexity index is 1070. The van der Waals surface area contributed by atoms with E-state index in [9.17, 15) is 14.4 Å². The fraction of sp³-hybridized carbons (Fsp3) is 0.261. The minimum Gasteiger partial charge on any atom is -0.449 e. The molecule has 1 atom stereocenters. The second kappa shape index (κ2) is 9.37. The quantitative estimate of drug-likeness (QED) is 0.439. The van der Waals surface area contributed by atoms with Crippen LogP contribution in [0.3, 0.4) is 0 Å². The zero-order chi connectivity index (χ0) is 21.7. The van der Waals surface area contributed by atoms with Crippen LogP contribution >= 0.6 is 0 Å². The number of hydrogen-bond donors (Lipinski definition) is 1. The molecular weight excluding hydrogens is 386 g/mol. The first-order chi connectivity index (χ1) is 14.4. The Kier molecular flexibility index (Phi) is 6.64. The number of anilines is 1. The Morgan fingerprint density at radius 3 is 2.43 bits per heavy atom. The van der Waals surface area contributed by atoms with Crippen LogP contribution in [-0.4, -0.2) is 30.4 Å². The molecule has 7 heteroatoms. The van der Waals surface area contributed by atoms with Gasteiger partial charge in [-0.2, -0.15) is 0 Å². The SMILES string of the molecule is CCOCc1c(C(=O)O[C@@H](C)C(=O)Nc2ccc(C(C)=O)cc2)oc2ccccc12. The first kappa shape index (κ1) is 21.3. The number of carbonyl (C=O) groups is 3. The maximum absolute atomic E-state index is 12.7. The predicted molar refractivity (Wildman–Crippen MR) is 111 cm³/mol. The molecule has 0 spiro atoms. The van der Waals surface area contributed by atoms with Gasteiger partial charge < -0.3 is 19.2 Å². The monoisotopic (exact) mass is 409 g/mol. The highest BCUT2D eigenvalue weighted by Gasteiger charge is 2.26. The predicted octanol–water partition coefficient (Wildman–Crippen LogP) is 4.36. The smallest absolute Gasteiger partial charge is 0.375 e. The molecule has 30 heavy (non-hydrogen) atoms. The molecule has 3 aromatic rings. The number of hydrogen-bond acceptors (Lipinski definition) is 6. The van der Waals surface area contributed by atoms with Crippen LogP contribution < -0.4 is 5.32 Å². The summed E-state index contributed by atoms with van der Waals surface area (Å²) >= 11 is 0. The molecule has 0 radical (unpaired) electrons. The molecule has 3 rings (SSSR count). The maximum atomic E-state index is 12.7. The first-order valence-corrected chi connectivity index (χ1v) is 9.61. The van der Waals surface area contributed by atoms with Crippen LogP contribution in [0.2, 0.25) is 0 Å². The van der Waals surface area contributed by atoms with E-state index in [0.29, 0.717) is 29.0 Å². The van der Waals surface area contributed by atoms with Gasteiger partial charge in [0, 0.05) is 28.8 Å². The van der Waals surface area contributed by atoms with Gasteiger partial charge in [-0.15, -0.1) is 0 Å². The Balaban J connectivity index is 1.71. The van der Waals surface area contributed by atoms with E-state index in [1.807, 2.05) is 19.1 Å². The third-order valence-electron chi connectivity index (χ3n) is 4.55. The molecule has 0 aliphatic rings. The average Bonchev–Trinajstić information content (AvgIpc) is 3.11. The lowest BCUT2D eigenvalue weighted by Gasteiger charge is -2.13. The number of carbonyl (C=O) groups excluding carboxylic acids is 3. The molecule has 2 aromatic carbocycles. The van der Waals surface area contributed by atoms with Gasteiger partial charge in [0.05, 0.1) is 6.61 Å². The van der Waals surface area contributed by atoms with Crippen LogP contribution in [0.5, 0.6) is 0 Å². The third kappa shape index (κ3) is 4.75. The molecule has 0 bridgehead atoms. The zero-order valence-electron chi connectivity index (χ0n) is 17.1. The van der Waals surface area contributed by atoms with Gasteiger partial charge in [0.1, 0.15) is 5.58 Å². The van der Waals surface area contributed by atoms with Crippen molar-refractivity contribution in [2.24, 2.45) is 0 Å². The zero-order valence-corrected chi connectivity index (χ0v) is 17.1. The molecule has 0 saturated carbocycles. The number of ketones is 1. The van der Waals surface area contributed by atoms with Gasteiger partial charge >= 0.3 is 5.97 Å². The minimum absolute atomic E-state index is 0.0233. The standard InChI is InChI=1S/C23H23NO6/c1-4-28-13-19-18-7-5-6-8-20(18)30-21(19)23(27)29-15(3)22(26)24-17-11-9-16(10-12-17)14(2)25/h5-12,15H,4,13H2,1-3H3,(H,24,26)/t15-/m0/s1. The largest absolute Gasteiger partial charge is 0.449 e. The summed E-state index contributed by atoms with van der Waals surface area (Å²) < 4.78 is 16.5. The normalized spacial score (nSPS) is 11.8. The highest BCUT2D eigenvalue weighted by atomic mass is 16.6. The molecule has 1 heterocycles. The van der Waals surface area contributed by atoms with Crippen LogP contribution in [-0.2, 0) is 20.9 Å². The molecule has 0 unspecified atom stereocenters. The first-order valence-electron chi connectivity index (χ1n) is 9.61. The van der Waals surface area contributed by atoms with Gasteiger partial charge in [-0.3, -0.25) is 9.59 Å². The molecule has 156 valence electrons. The number of para-hydroxylation sites is 1. The third-order valence-corrected chi connectivity index (χ3v) is 4.55. The molecule has 1 amide bonds. The van der Waals surface area contributed by atoms with Crippen LogP contribution in [0.15, 0.2) is 52.9 Å². The topological polar surface area (TPSA) is 94.8 Å². The van der Waals surface area contributed by atoms with E-state index in [1.54, 1.807) is 36.4 Å². The summed E-state index contributed by atoms with van der Waals surface area (Å²) in [6.45, 7) is 5.47. The van der Waals surface area contributed by atoms with E-state index in [2.05, 4.69) is 5.32 Å². The number of Topliss-reactive ketones (excluding diaryl/α,β-unsaturated/α-hetero) is 1. The number of rotatable bonds is 8. The second-order valence-electron chi connectivity index (χ2n) is 6.71. The van der Waals surface area contributed by atoms with E-state index >= 15 is 0 Å². The van der Waals surface area contributed by atoms with E-state index in [-0.39, 0.29) is 18.2 Å². The summed E-state index contributed by atoms with van der Waals surface area (Å²) in [5, 5.41) is 3.42. The molecular formula is C23H23NO6. The van der Waals surface area contributed by atoms with Crippen molar-refractivity contribution in [3.8, 4) is 0 Å². The Morgan fingerprint density at radius 1 is 1.07 bits per heavy atom.